The molecule has 10 heteroatoms. The molecule has 0 spiro atoms. The van der Waals surface area contributed by atoms with E-state index in [4.69, 9.17) is 40.5 Å². The van der Waals surface area contributed by atoms with Gasteiger partial charge in [0.1, 0.15) is 0 Å². The number of hydrogen-bond acceptors (Lipinski definition) is 4. The molecule has 32 heavy (non-hydrogen) atoms. The van der Waals surface area contributed by atoms with E-state index >= 15 is 0 Å². The highest BCUT2D eigenvalue weighted by Gasteiger charge is 2.21. The Balaban J connectivity index is 1.35. The summed E-state index contributed by atoms with van der Waals surface area (Å²) in [6.45, 7) is 9.29. The molecule has 1 aliphatic rings. The van der Waals surface area contributed by atoms with E-state index in [0.717, 1.165) is 60.5 Å². The molecule has 0 atom stereocenters. The van der Waals surface area contributed by atoms with Crippen molar-refractivity contribution in [2.45, 2.75) is 26.9 Å². The van der Waals surface area contributed by atoms with Gasteiger partial charge >= 0.3 is 0 Å². The molecule has 4 rings (SSSR count). The van der Waals surface area contributed by atoms with E-state index in [9.17, 15) is 0 Å². The molecular formula is C22H27Cl2N7S. The van der Waals surface area contributed by atoms with Crippen LogP contribution in [-0.2, 0) is 20.1 Å². The maximum atomic E-state index is 6.16. The van der Waals surface area contributed by atoms with Crippen LogP contribution >= 0.6 is 35.4 Å². The van der Waals surface area contributed by atoms with Crippen molar-refractivity contribution in [1.29, 1.82) is 0 Å². The zero-order chi connectivity index (χ0) is 22.8. The molecule has 1 fully saturated rings. The number of rotatable bonds is 5. The Morgan fingerprint density at radius 3 is 2.47 bits per heavy atom. The van der Waals surface area contributed by atoms with Crippen LogP contribution in [0.25, 0.3) is 0 Å². The lowest BCUT2D eigenvalue weighted by atomic mass is 10.2. The Kier molecular flexibility index (Phi) is 7.05. The molecule has 3 aromatic rings. The lowest BCUT2D eigenvalue weighted by Crippen LogP contribution is -2.49. The van der Waals surface area contributed by atoms with Crippen LogP contribution in [0.1, 0.15) is 22.5 Å². The van der Waals surface area contributed by atoms with Gasteiger partial charge in [0.15, 0.2) is 5.11 Å². The molecular weight excluding hydrogens is 465 g/mol. The lowest BCUT2D eigenvalue weighted by molar-refractivity contribution is 0.177. The van der Waals surface area contributed by atoms with Gasteiger partial charge in [-0.1, -0.05) is 29.3 Å². The molecule has 1 N–H and O–H groups in total. The van der Waals surface area contributed by atoms with Gasteiger partial charge in [-0.25, -0.2) is 0 Å². The van der Waals surface area contributed by atoms with E-state index in [0.29, 0.717) is 16.6 Å². The number of aromatic nitrogens is 4. The van der Waals surface area contributed by atoms with Crippen molar-refractivity contribution in [1.82, 2.24) is 29.4 Å². The summed E-state index contributed by atoms with van der Waals surface area (Å²) in [5.74, 6) is 0. The standard InChI is InChI=1S/C22H27Cl2N7S/c1-15-21(16(2)31(27-15)14-17-4-5-19(23)20(24)10-17)26-22(32)30-8-6-29(7-9-30)13-18-11-25-28(3)12-18/h4-5,10-12H,6-9,13-14H2,1-3H3,(H,26,32). The van der Waals surface area contributed by atoms with Gasteiger partial charge in [0.25, 0.3) is 0 Å². The molecule has 1 saturated heterocycles. The molecule has 1 aromatic carbocycles. The molecule has 0 amide bonds. The Morgan fingerprint density at radius 1 is 1.06 bits per heavy atom. The molecule has 0 aliphatic carbocycles. The minimum Gasteiger partial charge on any atom is -0.346 e. The fraction of sp³-hybridized carbons (Fsp3) is 0.409. The third-order valence-electron chi connectivity index (χ3n) is 5.75. The maximum absolute atomic E-state index is 6.16. The Bertz CT molecular complexity index is 1120. The first-order chi connectivity index (χ1) is 15.3. The molecule has 7 nitrogen and oxygen atoms in total. The van der Waals surface area contributed by atoms with Gasteiger partial charge in [0.2, 0.25) is 0 Å². The summed E-state index contributed by atoms with van der Waals surface area (Å²) in [6, 6.07) is 5.66. The first-order valence-corrected chi connectivity index (χ1v) is 11.7. The van der Waals surface area contributed by atoms with Gasteiger partial charge < -0.3 is 10.2 Å². The second-order valence-corrected chi connectivity index (χ2v) is 9.37. The smallest absolute Gasteiger partial charge is 0.173 e. The molecule has 1 aliphatic heterocycles. The molecule has 0 saturated carbocycles. The van der Waals surface area contributed by atoms with Gasteiger partial charge in [-0.15, -0.1) is 0 Å². The van der Waals surface area contributed by atoms with E-state index in [-0.39, 0.29) is 0 Å². The molecule has 0 unspecified atom stereocenters. The second-order valence-electron chi connectivity index (χ2n) is 8.17. The molecule has 0 radical (unpaired) electrons. The summed E-state index contributed by atoms with van der Waals surface area (Å²) in [5.41, 5.74) is 5.20. The van der Waals surface area contributed by atoms with Crippen molar-refractivity contribution < 1.29 is 0 Å². The zero-order valence-corrected chi connectivity index (χ0v) is 20.8. The van der Waals surface area contributed by atoms with Crippen LogP contribution in [0, 0.1) is 13.8 Å². The summed E-state index contributed by atoms with van der Waals surface area (Å²) in [4.78, 5) is 4.66. The largest absolute Gasteiger partial charge is 0.346 e. The summed E-state index contributed by atoms with van der Waals surface area (Å²) >= 11 is 17.9. The number of nitrogens with one attached hydrogen (secondary N) is 1. The highest BCUT2D eigenvalue weighted by molar-refractivity contribution is 7.80. The number of benzene rings is 1. The Morgan fingerprint density at radius 2 is 1.81 bits per heavy atom. The van der Waals surface area contributed by atoms with Crippen LogP contribution in [0.3, 0.4) is 0 Å². The van der Waals surface area contributed by atoms with Crippen molar-refractivity contribution in [3.8, 4) is 0 Å². The third kappa shape index (κ3) is 5.26. The maximum Gasteiger partial charge on any atom is 0.173 e. The predicted molar refractivity (Wildman–Crippen MR) is 134 cm³/mol. The fourth-order valence-corrected chi connectivity index (χ4v) is 4.55. The van der Waals surface area contributed by atoms with Crippen molar-refractivity contribution in [2.24, 2.45) is 7.05 Å². The lowest BCUT2D eigenvalue weighted by Gasteiger charge is -2.36. The number of nitrogens with zero attached hydrogens (tertiary/aromatic N) is 6. The number of anilines is 1. The fourth-order valence-electron chi connectivity index (χ4n) is 3.95. The van der Waals surface area contributed by atoms with Crippen LogP contribution < -0.4 is 5.32 Å². The number of aryl methyl sites for hydroxylation is 2. The monoisotopic (exact) mass is 491 g/mol. The van der Waals surface area contributed by atoms with Crippen LogP contribution in [0.15, 0.2) is 30.6 Å². The van der Waals surface area contributed by atoms with Crippen molar-refractivity contribution in [3.05, 3.63) is 63.2 Å². The second kappa shape index (κ2) is 9.79. The number of hydrogen-bond donors (Lipinski definition) is 1. The third-order valence-corrected chi connectivity index (χ3v) is 6.85. The van der Waals surface area contributed by atoms with E-state index in [1.807, 2.05) is 54.7 Å². The average Bonchev–Trinajstić information content (AvgIpc) is 3.28. The summed E-state index contributed by atoms with van der Waals surface area (Å²) in [6.07, 6.45) is 4.00. The van der Waals surface area contributed by atoms with Gasteiger partial charge in [0.05, 0.1) is 39.9 Å². The molecule has 2 aromatic heterocycles. The average molecular weight is 492 g/mol. The van der Waals surface area contributed by atoms with Crippen molar-refractivity contribution in [2.75, 3.05) is 31.5 Å². The van der Waals surface area contributed by atoms with Crippen LogP contribution in [-0.4, -0.2) is 60.7 Å². The molecule has 170 valence electrons. The zero-order valence-electron chi connectivity index (χ0n) is 18.5. The Labute approximate surface area is 203 Å². The van der Waals surface area contributed by atoms with E-state index in [1.54, 1.807) is 0 Å². The van der Waals surface area contributed by atoms with Crippen molar-refractivity contribution in [3.63, 3.8) is 0 Å². The summed E-state index contributed by atoms with van der Waals surface area (Å²) < 4.78 is 3.81. The van der Waals surface area contributed by atoms with Gasteiger partial charge in [-0.3, -0.25) is 14.3 Å². The van der Waals surface area contributed by atoms with Gasteiger partial charge in [0, 0.05) is 51.5 Å². The number of piperazine rings is 1. The van der Waals surface area contributed by atoms with E-state index in [1.165, 1.54) is 5.56 Å². The van der Waals surface area contributed by atoms with Crippen LogP contribution in [0.2, 0.25) is 10.0 Å². The first kappa shape index (κ1) is 23.0. The SMILES string of the molecule is Cc1nn(Cc2ccc(Cl)c(Cl)c2)c(C)c1NC(=S)N1CCN(Cc2cnn(C)c2)CC1. The quantitative estimate of drug-likeness (QED) is 0.542. The van der Waals surface area contributed by atoms with Crippen LogP contribution in [0.5, 0.6) is 0 Å². The first-order valence-electron chi connectivity index (χ1n) is 10.5. The van der Waals surface area contributed by atoms with Crippen LogP contribution in [0.4, 0.5) is 5.69 Å². The summed E-state index contributed by atoms with van der Waals surface area (Å²) in [5, 5.41) is 14.2. The minimum atomic E-state index is 0.549. The van der Waals surface area contributed by atoms with Gasteiger partial charge in [-0.05, 0) is 43.8 Å². The number of thiocarbonyl (C=S) groups is 1. The van der Waals surface area contributed by atoms with Gasteiger partial charge in [-0.2, -0.15) is 10.2 Å². The van der Waals surface area contributed by atoms with E-state index < -0.39 is 0 Å². The Hall–Kier alpha value is -2.13. The highest BCUT2D eigenvalue weighted by atomic mass is 35.5. The summed E-state index contributed by atoms with van der Waals surface area (Å²) in [7, 11) is 1.95. The highest BCUT2D eigenvalue weighted by Crippen LogP contribution is 2.25. The van der Waals surface area contributed by atoms with E-state index in [2.05, 4.69) is 26.4 Å². The number of halogens is 2. The minimum absolute atomic E-state index is 0.549. The predicted octanol–water partition coefficient (Wildman–Crippen LogP) is 4.10. The topological polar surface area (TPSA) is 54.2 Å². The molecule has 3 heterocycles. The normalized spacial score (nSPS) is 14.7. The molecule has 0 bridgehead atoms. The van der Waals surface area contributed by atoms with Crippen molar-refractivity contribution >= 4 is 46.2 Å².